The van der Waals surface area contributed by atoms with E-state index in [-0.39, 0.29) is 5.75 Å². The number of nitrogens with two attached hydrogens (primary N) is 1. The topological polar surface area (TPSA) is 66.5 Å². The van der Waals surface area contributed by atoms with Crippen LogP contribution in [0.4, 0.5) is 0 Å². The minimum atomic E-state index is -1.06. The molecule has 1 aromatic rings. The van der Waals surface area contributed by atoms with Crippen LogP contribution < -0.4 is 5.73 Å². The molecular formula is C12H19NO2. The van der Waals surface area contributed by atoms with Gasteiger partial charge >= 0.3 is 0 Å². The Morgan fingerprint density at radius 2 is 1.87 bits per heavy atom. The van der Waals surface area contributed by atoms with Gasteiger partial charge in [0, 0.05) is 12.0 Å². The Morgan fingerprint density at radius 1 is 1.27 bits per heavy atom. The van der Waals surface area contributed by atoms with Gasteiger partial charge in [0.05, 0.1) is 5.60 Å². The molecule has 0 radical (unpaired) electrons. The van der Waals surface area contributed by atoms with Crippen LogP contribution in [0.15, 0.2) is 24.3 Å². The van der Waals surface area contributed by atoms with Crippen molar-refractivity contribution in [2.45, 2.75) is 26.4 Å². The van der Waals surface area contributed by atoms with E-state index in [1.165, 1.54) is 0 Å². The second-order valence-electron chi connectivity index (χ2n) is 4.71. The molecule has 1 rings (SSSR count). The van der Waals surface area contributed by atoms with E-state index in [9.17, 15) is 10.2 Å². The number of aliphatic hydroxyl groups is 1. The van der Waals surface area contributed by atoms with Crippen molar-refractivity contribution in [1.82, 2.24) is 0 Å². The monoisotopic (exact) mass is 209 g/mol. The summed E-state index contributed by atoms with van der Waals surface area (Å²) in [6.45, 7) is 5.89. The molecular weight excluding hydrogens is 190 g/mol. The number of rotatable bonds is 3. The van der Waals surface area contributed by atoms with E-state index in [2.05, 4.69) is 0 Å². The van der Waals surface area contributed by atoms with Gasteiger partial charge in [0.1, 0.15) is 5.75 Å². The summed E-state index contributed by atoms with van der Waals surface area (Å²) in [6, 6.07) is 6.65. The van der Waals surface area contributed by atoms with Gasteiger partial charge in [-0.25, -0.2) is 0 Å². The Bertz CT molecular complexity index is 345. The molecule has 1 unspecified atom stereocenters. The zero-order chi connectivity index (χ0) is 11.7. The van der Waals surface area contributed by atoms with Gasteiger partial charge < -0.3 is 15.9 Å². The Kier molecular flexibility index (Phi) is 3.07. The van der Waals surface area contributed by atoms with E-state index in [1.807, 2.05) is 13.8 Å². The van der Waals surface area contributed by atoms with Crippen molar-refractivity contribution in [3.8, 4) is 5.75 Å². The van der Waals surface area contributed by atoms with Gasteiger partial charge in [-0.15, -0.1) is 0 Å². The lowest BCUT2D eigenvalue weighted by Crippen LogP contribution is -2.44. The van der Waals surface area contributed by atoms with Crippen molar-refractivity contribution in [3.05, 3.63) is 29.8 Å². The second kappa shape index (κ2) is 3.83. The number of phenols is 1. The SMILES string of the molecule is CC(C)(CN)C(C)(O)c1cccc(O)c1. The van der Waals surface area contributed by atoms with Gasteiger partial charge in [-0.05, 0) is 24.6 Å². The maximum atomic E-state index is 10.4. The van der Waals surface area contributed by atoms with Crippen LogP contribution in [0, 0.1) is 5.41 Å². The van der Waals surface area contributed by atoms with E-state index in [0.717, 1.165) is 0 Å². The highest BCUT2D eigenvalue weighted by Crippen LogP contribution is 2.39. The number of benzene rings is 1. The molecule has 4 N–H and O–H groups in total. The summed E-state index contributed by atoms with van der Waals surface area (Å²) in [6.07, 6.45) is 0. The average molecular weight is 209 g/mol. The summed E-state index contributed by atoms with van der Waals surface area (Å²) >= 11 is 0. The number of hydrogen-bond acceptors (Lipinski definition) is 3. The Morgan fingerprint density at radius 3 is 2.33 bits per heavy atom. The summed E-state index contributed by atoms with van der Waals surface area (Å²) in [7, 11) is 0. The van der Waals surface area contributed by atoms with E-state index in [0.29, 0.717) is 12.1 Å². The van der Waals surface area contributed by atoms with Crippen molar-refractivity contribution in [2.24, 2.45) is 11.1 Å². The molecule has 0 saturated heterocycles. The fraction of sp³-hybridized carbons (Fsp3) is 0.500. The van der Waals surface area contributed by atoms with Crippen LogP contribution in [0.25, 0.3) is 0 Å². The molecule has 0 bridgehead atoms. The molecule has 0 heterocycles. The number of aromatic hydroxyl groups is 1. The maximum Gasteiger partial charge on any atom is 0.115 e. The molecule has 0 aliphatic carbocycles. The Labute approximate surface area is 90.5 Å². The largest absolute Gasteiger partial charge is 0.508 e. The summed E-state index contributed by atoms with van der Waals surface area (Å²) < 4.78 is 0. The van der Waals surface area contributed by atoms with Crippen LogP contribution in [-0.4, -0.2) is 16.8 Å². The fourth-order valence-electron chi connectivity index (χ4n) is 1.40. The molecule has 0 aliphatic heterocycles. The van der Waals surface area contributed by atoms with Crippen LogP contribution in [0.5, 0.6) is 5.75 Å². The van der Waals surface area contributed by atoms with Crippen LogP contribution >= 0.6 is 0 Å². The highest BCUT2D eigenvalue weighted by atomic mass is 16.3. The molecule has 0 saturated carbocycles. The molecule has 0 aliphatic rings. The minimum Gasteiger partial charge on any atom is -0.508 e. The van der Waals surface area contributed by atoms with E-state index < -0.39 is 11.0 Å². The van der Waals surface area contributed by atoms with E-state index in [1.54, 1.807) is 31.2 Å². The van der Waals surface area contributed by atoms with Crippen molar-refractivity contribution in [1.29, 1.82) is 0 Å². The van der Waals surface area contributed by atoms with Gasteiger partial charge in [0.25, 0.3) is 0 Å². The third kappa shape index (κ3) is 2.13. The van der Waals surface area contributed by atoms with E-state index >= 15 is 0 Å². The average Bonchev–Trinajstić information content (AvgIpc) is 2.17. The smallest absolute Gasteiger partial charge is 0.115 e. The molecule has 0 amide bonds. The Balaban J connectivity index is 3.16. The zero-order valence-electron chi connectivity index (χ0n) is 9.49. The van der Waals surface area contributed by atoms with Gasteiger partial charge in [-0.1, -0.05) is 26.0 Å². The molecule has 15 heavy (non-hydrogen) atoms. The van der Waals surface area contributed by atoms with E-state index in [4.69, 9.17) is 5.73 Å². The third-order valence-corrected chi connectivity index (χ3v) is 3.24. The van der Waals surface area contributed by atoms with Gasteiger partial charge in [-0.2, -0.15) is 0 Å². The standard InChI is InChI=1S/C12H19NO2/c1-11(2,8-13)12(3,15)9-5-4-6-10(14)7-9/h4-7,14-15H,8,13H2,1-3H3. The van der Waals surface area contributed by atoms with Gasteiger partial charge in [0.2, 0.25) is 0 Å². The predicted molar refractivity (Wildman–Crippen MR) is 60.5 cm³/mol. The molecule has 3 heteroatoms. The summed E-state index contributed by atoms with van der Waals surface area (Å²) in [5.74, 6) is 0.153. The molecule has 0 aromatic heterocycles. The fourth-order valence-corrected chi connectivity index (χ4v) is 1.40. The predicted octanol–water partition coefficient (Wildman–Crippen LogP) is 1.58. The maximum absolute atomic E-state index is 10.4. The van der Waals surface area contributed by atoms with Crippen molar-refractivity contribution < 1.29 is 10.2 Å². The first-order valence-electron chi connectivity index (χ1n) is 5.03. The second-order valence-corrected chi connectivity index (χ2v) is 4.71. The Hall–Kier alpha value is -1.06. The van der Waals surface area contributed by atoms with Gasteiger partial charge in [-0.3, -0.25) is 0 Å². The lowest BCUT2D eigenvalue weighted by atomic mass is 9.72. The van der Waals surface area contributed by atoms with Crippen molar-refractivity contribution >= 4 is 0 Å². The lowest BCUT2D eigenvalue weighted by molar-refractivity contribution is -0.0522. The third-order valence-electron chi connectivity index (χ3n) is 3.24. The van der Waals surface area contributed by atoms with Crippen molar-refractivity contribution in [2.75, 3.05) is 6.54 Å². The van der Waals surface area contributed by atoms with Crippen LogP contribution in [0.2, 0.25) is 0 Å². The molecule has 3 nitrogen and oxygen atoms in total. The molecule has 1 atom stereocenters. The first kappa shape index (κ1) is 12.0. The summed E-state index contributed by atoms with van der Waals surface area (Å²) in [4.78, 5) is 0. The molecule has 0 fully saturated rings. The van der Waals surface area contributed by atoms with Crippen LogP contribution in [0.1, 0.15) is 26.3 Å². The molecule has 1 aromatic carbocycles. The zero-order valence-corrected chi connectivity index (χ0v) is 9.49. The number of hydrogen-bond donors (Lipinski definition) is 3. The minimum absolute atomic E-state index is 0.153. The van der Waals surface area contributed by atoms with Gasteiger partial charge in [0.15, 0.2) is 0 Å². The highest BCUT2D eigenvalue weighted by molar-refractivity contribution is 5.32. The van der Waals surface area contributed by atoms with Crippen LogP contribution in [-0.2, 0) is 5.60 Å². The normalized spacial score (nSPS) is 16.1. The highest BCUT2D eigenvalue weighted by Gasteiger charge is 2.39. The first-order chi connectivity index (χ1) is 6.81. The molecule has 84 valence electrons. The number of phenolic OH excluding ortho intramolecular Hbond substituents is 1. The molecule has 0 spiro atoms. The first-order valence-corrected chi connectivity index (χ1v) is 5.03. The summed E-state index contributed by atoms with van der Waals surface area (Å²) in [5, 5.41) is 19.8. The summed E-state index contributed by atoms with van der Waals surface area (Å²) in [5.41, 5.74) is 4.83. The van der Waals surface area contributed by atoms with Crippen LogP contribution in [0.3, 0.4) is 0 Å². The lowest BCUT2D eigenvalue weighted by Gasteiger charge is -2.39. The van der Waals surface area contributed by atoms with Crippen molar-refractivity contribution in [3.63, 3.8) is 0 Å². The quantitative estimate of drug-likeness (QED) is 0.708.